The Bertz CT molecular complexity index is 634. The highest BCUT2D eigenvalue weighted by molar-refractivity contribution is 5.56. The summed E-state index contributed by atoms with van der Waals surface area (Å²) in [5.41, 5.74) is 1.46. The van der Waals surface area contributed by atoms with E-state index < -0.39 is 6.61 Å². The SMILES string of the molecule is FC(F)Oc1ccccc1CNc1ccc2c(c1)OCO2. The number of hydrogen-bond acceptors (Lipinski definition) is 4. The average molecular weight is 293 g/mol. The van der Waals surface area contributed by atoms with E-state index >= 15 is 0 Å². The van der Waals surface area contributed by atoms with Crippen LogP contribution >= 0.6 is 0 Å². The highest BCUT2D eigenvalue weighted by Gasteiger charge is 2.13. The number of rotatable bonds is 5. The van der Waals surface area contributed by atoms with Gasteiger partial charge in [-0.05, 0) is 18.2 Å². The zero-order chi connectivity index (χ0) is 14.7. The Labute approximate surface area is 120 Å². The van der Waals surface area contributed by atoms with E-state index in [1.165, 1.54) is 6.07 Å². The molecule has 1 heterocycles. The van der Waals surface area contributed by atoms with Gasteiger partial charge in [0.1, 0.15) is 5.75 Å². The molecule has 0 fully saturated rings. The second kappa shape index (κ2) is 5.87. The molecule has 0 bridgehead atoms. The fourth-order valence-corrected chi connectivity index (χ4v) is 2.06. The molecule has 2 aromatic rings. The monoisotopic (exact) mass is 293 g/mol. The van der Waals surface area contributed by atoms with Gasteiger partial charge in [0.2, 0.25) is 6.79 Å². The summed E-state index contributed by atoms with van der Waals surface area (Å²) in [4.78, 5) is 0. The molecule has 3 rings (SSSR count). The maximum atomic E-state index is 12.3. The Morgan fingerprint density at radius 1 is 1.10 bits per heavy atom. The highest BCUT2D eigenvalue weighted by atomic mass is 19.3. The lowest BCUT2D eigenvalue weighted by atomic mass is 10.2. The molecule has 0 saturated carbocycles. The van der Waals surface area contributed by atoms with Crippen molar-refractivity contribution in [2.45, 2.75) is 13.2 Å². The molecule has 0 saturated heterocycles. The van der Waals surface area contributed by atoms with Gasteiger partial charge in [-0.1, -0.05) is 18.2 Å². The molecule has 4 nitrogen and oxygen atoms in total. The number of nitrogens with one attached hydrogen (secondary N) is 1. The minimum atomic E-state index is -2.84. The van der Waals surface area contributed by atoms with Gasteiger partial charge in [-0.15, -0.1) is 0 Å². The normalized spacial score (nSPS) is 12.5. The standard InChI is InChI=1S/C15H13F2NO3/c16-15(17)21-12-4-2-1-3-10(12)8-18-11-5-6-13-14(7-11)20-9-19-13/h1-7,15,18H,8-9H2. The highest BCUT2D eigenvalue weighted by Crippen LogP contribution is 2.34. The third-order valence-corrected chi connectivity index (χ3v) is 3.04. The molecule has 0 spiro atoms. The Hall–Kier alpha value is -2.50. The van der Waals surface area contributed by atoms with E-state index in [4.69, 9.17) is 9.47 Å². The van der Waals surface area contributed by atoms with E-state index in [0.29, 0.717) is 23.6 Å². The first-order valence-electron chi connectivity index (χ1n) is 6.38. The molecule has 2 aromatic carbocycles. The van der Waals surface area contributed by atoms with Crippen LogP contribution in [0.4, 0.5) is 14.5 Å². The van der Waals surface area contributed by atoms with Crippen LogP contribution in [0.1, 0.15) is 5.56 Å². The fourth-order valence-electron chi connectivity index (χ4n) is 2.06. The molecule has 0 amide bonds. The molecular weight excluding hydrogens is 280 g/mol. The van der Waals surface area contributed by atoms with Crippen molar-refractivity contribution in [3.63, 3.8) is 0 Å². The van der Waals surface area contributed by atoms with E-state index in [-0.39, 0.29) is 12.5 Å². The first-order chi connectivity index (χ1) is 10.2. The number of benzene rings is 2. The van der Waals surface area contributed by atoms with Gasteiger partial charge in [-0.2, -0.15) is 8.78 Å². The molecule has 0 aliphatic carbocycles. The summed E-state index contributed by atoms with van der Waals surface area (Å²) in [6.07, 6.45) is 0. The molecule has 1 aliphatic heterocycles. The van der Waals surface area contributed by atoms with Crippen molar-refractivity contribution in [3.05, 3.63) is 48.0 Å². The second-order valence-electron chi connectivity index (χ2n) is 4.41. The number of para-hydroxylation sites is 1. The van der Waals surface area contributed by atoms with Crippen LogP contribution in [0.25, 0.3) is 0 Å². The number of halogens is 2. The summed E-state index contributed by atoms with van der Waals surface area (Å²) in [6, 6.07) is 12.1. The number of fused-ring (bicyclic) bond motifs is 1. The molecular formula is C15H13F2NO3. The van der Waals surface area contributed by atoms with Crippen molar-refractivity contribution in [2.24, 2.45) is 0 Å². The van der Waals surface area contributed by atoms with E-state index in [0.717, 1.165) is 5.69 Å². The Morgan fingerprint density at radius 3 is 2.76 bits per heavy atom. The van der Waals surface area contributed by atoms with Gasteiger partial charge in [0.25, 0.3) is 0 Å². The van der Waals surface area contributed by atoms with E-state index in [1.807, 2.05) is 6.07 Å². The Kier molecular flexibility index (Phi) is 3.77. The zero-order valence-corrected chi connectivity index (χ0v) is 11.0. The number of hydrogen-bond donors (Lipinski definition) is 1. The van der Waals surface area contributed by atoms with Crippen LogP contribution in [0, 0.1) is 0 Å². The van der Waals surface area contributed by atoms with Crippen molar-refractivity contribution in [2.75, 3.05) is 12.1 Å². The molecule has 0 atom stereocenters. The summed E-state index contributed by atoms with van der Waals surface area (Å²) in [7, 11) is 0. The van der Waals surface area contributed by atoms with Crippen LogP contribution < -0.4 is 19.5 Å². The number of anilines is 1. The summed E-state index contributed by atoms with van der Waals surface area (Å²) in [5.74, 6) is 1.53. The van der Waals surface area contributed by atoms with Crippen molar-refractivity contribution < 1.29 is 23.0 Å². The Balaban J connectivity index is 1.70. The van der Waals surface area contributed by atoms with Crippen LogP contribution in [0.5, 0.6) is 17.2 Å². The lowest BCUT2D eigenvalue weighted by Crippen LogP contribution is -2.07. The molecule has 0 radical (unpaired) electrons. The molecule has 6 heteroatoms. The fraction of sp³-hybridized carbons (Fsp3) is 0.200. The smallest absolute Gasteiger partial charge is 0.387 e. The first kappa shape index (κ1) is 13.5. The molecule has 1 N–H and O–H groups in total. The minimum absolute atomic E-state index is 0.167. The maximum Gasteiger partial charge on any atom is 0.387 e. The summed E-state index contributed by atoms with van der Waals surface area (Å²) >= 11 is 0. The van der Waals surface area contributed by atoms with Gasteiger partial charge < -0.3 is 19.5 Å². The summed E-state index contributed by atoms with van der Waals surface area (Å²) in [5, 5.41) is 3.14. The second-order valence-corrected chi connectivity index (χ2v) is 4.41. The van der Waals surface area contributed by atoms with Crippen LogP contribution in [0.15, 0.2) is 42.5 Å². The van der Waals surface area contributed by atoms with Gasteiger partial charge in [-0.25, -0.2) is 0 Å². The van der Waals surface area contributed by atoms with Gasteiger partial charge in [0.15, 0.2) is 11.5 Å². The van der Waals surface area contributed by atoms with Crippen molar-refractivity contribution in [1.82, 2.24) is 0 Å². The predicted octanol–water partition coefficient (Wildman–Crippen LogP) is 3.63. The topological polar surface area (TPSA) is 39.7 Å². The lowest BCUT2D eigenvalue weighted by molar-refractivity contribution is -0.0504. The molecule has 110 valence electrons. The van der Waals surface area contributed by atoms with Crippen LogP contribution in [-0.2, 0) is 6.54 Å². The van der Waals surface area contributed by atoms with Crippen molar-refractivity contribution in [3.8, 4) is 17.2 Å². The molecule has 0 aromatic heterocycles. The van der Waals surface area contributed by atoms with E-state index in [9.17, 15) is 8.78 Å². The van der Waals surface area contributed by atoms with Crippen molar-refractivity contribution in [1.29, 1.82) is 0 Å². The van der Waals surface area contributed by atoms with E-state index in [2.05, 4.69) is 10.1 Å². The van der Waals surface area contributed by atoms with Gasteiger partial charge in [0, 0.05) is 23.9 Å². The van der Waals surface area contributed by atoms with Gasteiger partial charge in [-0.3, -0.25) is 0 Å². The zero-order valence-electron chi connectivity index (χ0n) is 11.0. The quantitative estimate of drug-likeness (QED) is 0.914. The van der Waals surface area contributed by atoms with Crippen LogP contribution in [0.3, 0.4) is 0 Å². The number of alkyl halides is 2. The van der Waals surface area contributed by atoms with Crippen LogP contribution in [0.2, 0.25) is 0 Å². The summed E-state index contributed by atoms with van der Waals surface area (Å²) < 4.78 is 39.7. The van der Waals surface area contributed by atoms with E-state index in [1.54, 1.807) is 30.3 Å². The first-order valence-corrected chi connectivity index (χ1v) is 6.38. The van der Waals surface area contributed by atoms with Crippen molar-refractivity contribution >= 4 is 5.69 Å². The predicted molar refractivity (Wildman–Crippen MR) is 73.0 cm³/mol. The molecule has 1 aliphatic rings. The van der Waals surface area contributed by atoms with Gasteiger partial charge in [0.05, 0.1) is 0 Å². The number of ether oxygens (including phenoxy) is 3. The maximum absolute atomic E-state index is 12.3. The van der Waals surface area contributed by atoms with Gasteiger partial charge >= 0.3 is 6.61 Å². The molecule has 21 heavy (non-hydrogen) atoms. The summed E-state index contributed by atoms with van der Waals surface area (Å²) in [6.45, 7) is -2.26. The Morgan fingerprint density at radius 2 is 1.90 bits per heavy atom. The minimum Gasteiger partial charge on any atom is -0.454 e. The largest absolute Gasteiger partial charge is 0.454 e. The lowest BCUT2D eigenvalue weighted by Gasteiger charge is -2.12. The average Bonchev–Trinajstić information content (AvgIpc) is 2.93. The van der Waals surface area contributed by atoms with Crippen LogP contribution in [-0.4, -0.2) is 13.4 Å². The third-order valence-electron chi connectivity index (χ3n) is 3.04. The molecule has 0 unspecified atom stereocenters. The third kappa shape index (κ3) is 3.16.